The van der Waals surface area contributed by atoms with Gasteiger partial charge in [-0.05, 0) is 44.9 Å². The molecular weight excluding hydrogens is 330 g/mol. The number of hydrogen-bond acceptors (Lipinski definition) is 4. The van der Waals surface area contributed by atoms with Crippen LogP contribution in [0.4, 0.5) is 5.69 Å². The number of nitrogens with zero attached hydrogens (tertiary/aromatic N) is 2. The standard InChI is InChI=1S/C20H29N3O3/c1-7-10-17(23(5,8-2)9-3)19(24)22-18-14(4)11-15(13-21)12-16(18)20(25)26-6/h11-12,17H,7-10H2,1-6H3/p+1. The lowest BCUT2D eigenvalue weighted by molar-refractivity contribution is -0.921. The zero-order valence-electron chi connectivity index (χ0n) is 16.7. The number of amides is 1. The van der Waals surface area contributed by atoms with Gasteiger partial charge in [-0.3, -0.25) is 4.79 Å². The zero-order valence-corrected chi connectivity index (χ0v) is 16.7. The molecule has 1 aromatic carbocycles. The first-order valence-corrected chi connectivity index (χ1v) is 9.06. The first kappa shape index (κ1) is 21.7. The van der Waals surface area contributed by atoms with Crippen molar-refractivity contribution in [3.05, 3.63) is 28.8 Å². The van der Waals surface area contributed by atoms with Crippen LogP contribution in [-0.4, -0.2) is 49.6 Å². The van der Waals surface area contributed by atoms with Crippen molar-refractivity contribution in [1.82, 2.24) is 0 Å². The highest BCUT2D eigenvalue weighted by Gasteiger charge is 2.35. The molecule has 0 aliphatic heterocycles. The second-order valence-corrected chi connectivity index (χ2v) is 6.72. The van der Waals surface area contributed by atoms with Crippen LogP contribution in [0.15, 0.2) is 12.1 Å². The van der Waals surface area contributed by atoms with Crippen LogP contribution < -0.4 is 5.32 Å². The van der Waals surface area contributed by atoms with Gasteiger partial charge in [-0.1, -0.05) is 6.92 Å². The Morgan fingerprint density at radius 1 is 1.27 bits per heavy atom. The van der Waals surface area contributed by atoms with Gasteiger partial charge < -0.3 is 14.5 Å². The number of quaternary nitrogens is 1. The Labute approximate surface area is 156 Å². The fourth-order valence-electron chi connectivity index (χ4n) is 3.16. The van der Waals surface area contributed by atoms with Crippen LogP contribution >= 0.6 is 0 Å². The molecule has 1 amide bonds. The predicted octanol–water partition coefficient (Wildman–Crippen LogP) is 3.25. The van der Waals surface area contributed by atoms with Gasteiger partial charge in [0.25, 0.3) is 5.91 Å². The third-order valence-corrected chi connectivity index (χ3v) is 5.18. The summed E-state index contributed by atoms with van der Waals surface area (Å²) in [4.78, 5) is 25.2. The first-order valence-electron chi connectivity index (χ1n) is 9.06. The number of hydrogen-bond donors (Lipinski definition) is 1. The van der Waals surface area contributed by atoms with Gasteiger partial charge in [-0.2, -0.15) is 5.26 Å². The lowest BCUT2D eigenvalue weighted by Gasteiger charge is -2.39. The maximum atomic E-state index is 13.1. The molecule has 1 N–H and O–H groups in total. The summed E-state index contributed by atoms with van der Waals surface area (Å²) in [6, 6.07) is 4.93. The Morgan fingerprint density at radius 2 is 1.88 bits per heavy atom. The number of nitriles is 1. The zero-order chi connectivity index (χ0) is 19.9. The molecule has 0 aliphatic rings. The van der Waals surface area contributed by atoms with Gasteiger partial charge in [-0.25, -0.2) is 4.79 Å². The Balaban J connectivity index is 3.33. The van der Waals surface area contributed by atoms with Crippen LogP contribution in [0.2, 0.25) is 0 Å². The number of methoxy groups -OCH3 is 1. The second-order valence-electron chi connectivity index (χ2n) is 6.72. The minimum Gasteiger partial charge on any atom is -0.465 e. The molecule has 0 radical (unpaired) electrons. The summed E-state index contributed by atoms with van der Waals surface area (Å²) < 4.78 is 5.45. The molecule has 0 bridgehead atoms. The highest BCUT2D eigenvalue weighted by atomic mass is 16.5. The summed E-state index contributed by atoms with van der Waals surface area (Å²) >= 11 is 0. The number of esters is 1. The predicted molar refractivity (Wildman–Crippen MR) is 102 cm³/mol. The molecule has 0 aliphatic carbocycles. The summed E-state index contributed by atoms with van der Waals surface area (Å²) in [5.74, 6) is -0.688. The average molecular weight is 360 g/mol. The van der Waals surface area contributed by atoms with Crippen molar-refractivity contribution in [1.29, 1.82) is 5.26 Å². The van der Waals surface area contributed by atoms with E-state index in [1.807, 2.05) is 6.07 Å². The molecule has 6 nitrogen and oxygen atoms in total. The summed E-state index contributed by atoms with van der Waals surface area (Å²) in [7, 11) is 3.36. The van der Waals surface area contributed by atoms with E-state index in [1.165, 1.54) is 13.2 Å². The monoisotopic (exact) mass is 360 g/mol. The normalized spacial score (nSPS) is 12.2. The molecule has 0 saturated heterocycles. The van der Waals surface area contributed by atoms with Gasteiger partial charge >= 0.3 is 5.97 Å². The molecule has 1 atom stereocenters. The number of ether oxygens (including phenoxy) is 1. The minimum atomic E-state index is -0.573. The van der Waals surface area contributed by atoms with Crippen molar-refractivity contribution >= 4 is 17.6 Å². The van der Waals surface area contributed by atoms with Gasteiger partial charge in [0.05, 0.1) is 50.1 Å². The number of rotatable bonds is 8. The van der Waals surface area contributed by atoms with Gasteiger partial charge in [-0.15, -0.1) is 0 Å². The van der Waals surface area contributed by atoms with Crippen LogP contribution in [0.25, 0.3) is 0 Å². The minimum absolute atomic E-state index is 0.115. The number of nitrogens with one attached hydrogen (secondary N) is 1. The summed E-state index contributed by atoms with van der Waals surface area (Å²) in [5, 5.41) is 12.1. The van der Waals surface area contributed by atoms with E-state index >= 15 is 0 Å². The highest BCUT2D eigenvalue weighted by molar-refractivity contribution is 6.03. The number of aryl methyl sites for hydroxylation is 1. The Hall–Kier alpha value is -2.39. The smallest absolute Gasteiger partial charge is 0.340 e. The van der Waals surface area contributed by atoms with Crippen LogP contribution in [0.5, 0.6) is 0 Å². The van der Waals surface area contributed by atoms with Crippen LogP contribution in [0.1, 0.15) is 55.1 Å². The molecule has 1 aromatic rings. The number of likely N-dealkylation sites (N-methyl/N-ethyl adjacent to an activating group) is 1. The Bertz CT molecular complexity index is 703. The number of carbonyl (C=O) groups is 2. The lowest BCUT2D eigenvalue weighted by atomic mass is 10.0. The van der Waals surface area contributed by atoms with E-state index in [-0.39, 0.29) is 17.5 Å². The first-order chi connectivity index (χ1) is 12.3. The Kier molecular flexibility index (Phi) is 7.78. The maximum absolute atomic E-state index is 13.1. The van der Waals surface area contributed by atoms with Crippen molar-refractivity contribution in [2.45, 2.75) is 46.6 Å². The van der Waals surface area contributed by atoms with E-state index in [9.17, 15) is 9.59 Å². The Morgan fingerprint density at radius 3 is 2.35 bits per heavy atom. The number of benzene rings is 1. The molecule has 6 heteroatoms. The van der Waals surface area contributed by atoms with Crippen LogP contribution in [0.3, 0.4) is 0 Å². The SMILES string of the molecule is CCCC(C(=O)Nc1c(C)cc(C#N)cc1C(=O)OC)[N+](C)(CC)CC. The third-order valence-electron chi connectivity index (χ3n) is 5.18. The van der Waals surface area contributed by atoms with Gasteiger partial charge in [0.15, 0.2) is 6.04 Å². The van der Waals surface area contributed by atoms with E-state index < -0.39 is 5.97 Å². The molecule has 1 unspecified atom stereocenters. The third kappa shape index (κ3) is 4.61. The molecule has 0 heterocycles. The van der Waals surface area contributed by atoms with Gasteiger partial charge in [0.2, 0.25) is 0 Å². The fraction of sp³-hybridized carbons (Fsp3) is 0.550. The molecule has 0 fully saturated rings. The van der Waals surface area contributed by atoms with Gasteiger partial charge in [0.1, 0.15) is 0 Å². The molecular formula is C20H30N3O3+. The molecule has 0 aromatic heterocycles. The molecule has 142 valence electrons. The fourth-order valence-corrected chi connectivity index (χ4v) is 3.16. The lowest BCUT2D eigenvalue weighted by Crippen LogP contribution is -2.57. The summed E-state index contributed by atoms with van der Waals surface area (Å²) in [6.45, 7) is 9.66. The molecule has 26 heavy (non-hydrogen) atoms. The molecule has 0 saturated carbocycles. The van der Waals surface area contributed by atoms with Crippen molar-refractivity contribution in [3.63, 3.8) is 0 Å². The van der Waals surface area contributed by atoms with E-state index in [2.05, 4.69) is 33.1 Å². The highest BCUT2D eigenvalue weighted by Crippen LogP contribution is 2.26. The molecule has 1 rings (SSSR count). The van der Waals surface area contributed by atoms with Crippen LogP contribution in [-0.2, 0) is 9.53 Å². The summed E-state index contributed by atoms with van der Waals surface area (Å²) in [6.07, 6.45) is 1.65. The van der Waals surface area contributed by atoms with E-state index in [0.717, 1.165) is 25.9 Å². The largest absolute Gasteiger partial charge is 0.465 e. The van der Waals surface area contributed by atoms with Crippen molar-refractivity contribution < 1.29 is 18.8 Å². The second kappa shape index (κ2) is 9.35. The van der Waals surface area contributed by atoms with Crippen LogP contribution in [0, 0.1) is 18.3 Å². The van der Waals surface area contributed by atoms with E-state index in [0.29, 0.717) is 21.3 Å². The van der Waals surface area contributed by atoms with E-state index in [1.54, 1.807) is 13.0 Å². The van der Waals surface area contributed by atoms with Gasteiger partial charge in [0, 0.05) is 6.42 Å². The van der Waals surface area contributed by atoms with Crippen molar-refractivity contribution in [2.75, 3.05) is 32.6 Å². The number of carbonyl (C=O) groups excluding carboxylic acids is 2. The van der Waals surface area contributed by atoms with Crippen molar-refractivity contribution in [3.8, 4) is 6.07 Å². The van der Waals surface area contributed by atoms with Crippen molar-refractivity contribution in [2.24, 2.45) is 0 Å². The summed E-state index contributed by atoms with van der Waals surface area (Å²) in [5.41, 5.74) is 1.64. The average Bonchev–Trinajstić information content (AvgIpc) is 2.65. The quantitative estimate of drug-likeness (QED) is 0.570. The topological polar surface area (TPSA) is 79.2 Å². The molecule has 0 spiro atoms. The van der Waals surface area contributed by atoms with E-state index in [4.69, 9.17) is 10.00 Å². The number of anilines is 1. The maximum Gasteiger partial charge on any atom is 0.340 e.